The number of aryl methyl sites for hydroxylation is 3. The third-order valence-electron chi connectivity index (χ3n) is 4.74. The molecule has 0 aliphatic carbocycles. The zero-order valence-electron chi connectivity index (χ0n) is 17.9. The van der Waals surface area contributed by atoms with E-state index in [1.165, 1.54) is 11.3 Å². The van der Waals surface area contributed by atoms with Crippen molar-refractivity contribution >= 4 is 33.4 Å². The van der Waals surface area contributed by atoms with Crippen LogP contribution < -0.4 is 9.54 Å². The molecule has 2 aromatic carbocycles. The normalized spacial score (nSPS) is 11.7. The lowest BCUT2D eigenvalue weighted by Gasteiger charge is -2.07. The molecule has 0 aliphatic heterocycles. The maximum Gasteiger partial charge on any atom is 0.326 e. The predicted octanol–water partition coefficient (Wildman–Crippen LogP) is 3.87. The van der Waals surface area contributed by atoms with E-state index in [-0.39, 0.29) is 24.8 Å². The summed E-state index contributed by atoms with van der Waals surface area (Å²) in [6.07, 6.45) is 0.177. The summed E-state index contributed by atoms with van der Waals surface area (Å²) < 4.78 is 13.2. The Morgan fingerprint density at radius 1 is 1.10 bits per heavy atom. The van der Waals surface area contributed by atoms with Gasteiger partial charge in [0.15, 0.2) is 4.80 Å². The molecule has 0 saturated heterocycles. The molecule has 0 saturated carbocycles. The van der Waals surface area contributed by atoms with Gasteiger partial charge in [-0.2, -0.15) is 4.99 Å². The van der Waals surface area contributed by atoms with E-state index in [0.717, 1.165) is 38.2 Å². The Hall–Kier alpha value is -2.93. The van der Waals surface area contributed by atoms with Crippen LogP contribution in [0.5, 0.6) is 5.75 Å². The van der Waals surface area contributed by atoms with Gasteiger partial charge >= 0.3 is 5.97 Å². The van der Waals surface area contributed by atoms with Gasteiger partial charge < -0.3 is 14.0 Å². The SMILES string of the molecule is CCOC(=O)Cn1c(=NC(=O)Cc2ccc(OC)c(C)c2)sc2c(C)cc(C)cc21. The second kappa shape index (κ2) is 9.26. The van der Waals surface area contributed by atoms with E-state index in [1.807, 2.05) is 45.0 Å². The molecule has 0 N–H and O–H groups in total. The quantitative estimate of drug-likeness (QED) is 0.561. The number of thiazole rings is 1. The number of carbonyl (C=O) groups excluding carboxylic acids is 2. The van der Waals surface area contributed by atoms with Crippen molar-refractivity contribution in [1.29, 1.82) is 0 Å². The number of methoxy groups -OCH3 is 1. The summed E-state index contributed by atoms with van der Waals surface area (Å²) in [6.45, 7) is 8.06. The number of esters is 1. The van der Waals surface area contributed by atoms with Gasteiger partial charge in [0.2, 0.25) is 0 Å². The van der Waals surface area contributed by atoms with Crippen molar-refractivity contribution in [1.82, 2.24) is 4.57 Å². The number of fused-ring (bicyclic) bond motifs is 1. The van der Waals surface area contributed by atoms with Crippen LogP contribution in [0.2, 0.25) is 0 Å². The molecule has 1 heterocycles. The Morgan fingerprint density at radius 3 is 2.53 bits per heavy atom. The van der Waals surface area contributed by atoms with Crippen molar-refractivity contribution in [2.24, 2.45) is 4.99 Å². The summed E-state index contributed by atoms with van der Waals surface area (Å²) in [5.74, 6) is 0.167. The zero-order valence-corrected chi connectivity index (χ0v) is 18.8. The molecule has 6 nitrogen and oxygen atoms in total. The largest absolute Gasteiger partial charge is 0.496 e. The highest BCUT2D eigenvalue weighted by Crippen LogP contribution is 2.24. The van der Waals surface area contributed by atoms with Crippen molar-refractivity contribution in [3.63, 3.8) is 0 Å². The number of hydrogen-bond donors (Lipinski definition) is 0. The smallest absolute Gasteiger partial charge is 0.326 e. The molecular formula is C23H26N2O4S. The standard InChI is InChI=1S/C23H26N2O4S/c1-6-29-21(27)13-25-18-10-14(2)9-16(4)22(18)30-23(25)24-20(26)12-17-7-8-19(28-5)15(3)11-17/h7-11H,6,12-13H2,1-5H3. The van der Waals surface area contributed by atoms with Gasteiger partial charge in [-0.3, -0.25) is 9.59 Å². The first-order valence-electron chi connectivity index (χ1n) is 9.79. The average Bonchev–Trinajstić information content (AvgIpc) is 2.99. The highest BCUT2D eigenvalue weighted by atomic mass is 32.1. The lowest BCUT2D eigenvalue weighted by atomic mass is 10.1. The van der Waals surface area contributed by atoms with E-state index in [2.05, 4.69) is 11.1 Å². The van der Waals surface area contributed by atoms with Gasteiger partial charge in [-0.25, -0.2) is 0 Å². The number of benzene rings is 2. The van der Waals surface area contributed by atoms with Gasteiger partial charge in [0.05, 0.1) is 30.4 Å². The van der Waals surface area contributed by atoms with Gasteiger partial charge in [-0.1, -0.05) is 29.5 Å². The van der Waals surface area contributed by atoms with Crippen molar-refractivity contribution < 1.29 is 19.1 Å². The van der Waals surface area contributed by atoms with Crippen LogP contribution in [0, 0.1) is 20.8 Å². The molecule has 0 atom stereocenters. The van der Waals surface area contributed by atoms with Crippen molar-refractivity contribution in [2.75, 3.05) is 13.7 Å². The molecule has 0 fully saturated rings. The van der Waals surface area contributed by atoms with E-state index in [9.17, 15) is 9.59 Å². The van der Waals surface area contributed by atoms with Crippen LogP contribution in [0.15, 0.2) is 35.3 Å². The molecule has 3 aromatic rings. The summed E-state index contributed by atoms with van der Waals surface area (Å²) in [5.41, 5.74) is 4.90. The van der Waals surface area contributed by atoms with Crippen LogP contribution >= 0.6 is 11.3 Å². The summed E-state index contributed by atoms with van der Waals surface area (Å²) in [6, 6.07) is 9.74. The zero-order chi connectivity index (χ0) is 21.8. The van der Waals surface area contributed by atoms with E-state index in [4.69, 9.17) is 9.47 Å². The number of carbonyl (C=O) groups is 2. The van der Waals surface area contributed by atoms with E-state index < -0.39 is 0 Å². The number of nitrogens with zero attached hydrogens (tertiary/aromatic N) is 2. The van der Waals surface area contributed by atoms with Crippen LogP contribution in [0.3, 0.4) is 0 Å². The highest BCUT2D eigenvalue weighted by Gasteiger charge is 2.14. The molecule has 7 heteroatoms. The number of aromatic nitrogens is 1. The van der Waals surface area contributed by atoms with Crippen molar-refractivity contribution in [3.8, 4) is 5.75 Å². The maximum atomic E-state index is 12.7. The van der Waals surface area contributed by atoms with Crippen LogP contribution in [-0.4, -0.2) is 30.2 Å². The third kappa shape index (κ3) is 4.79. The average molecular weight is 427 g/mol. The van der Waals surface area contributed by atoms with Crippen molar-refractivity contribution in [2.45, 2.75) is 40.7 Å². The molecule has 1 amide bonds. The predicted molar refractivity (Wildman–Crippen MR) is 118 cm³/mol. The number of hydrogen-bond acceptors (Lipinski definition) is 5. The first-order chi connectivity index (χ1) is 14.3. The Morgan fingerprint density at radius 2 is 1.87 bits per heavy atom. The number of rotatable bonds is 6. The van der Waals surface area contributed by atoms with E-state index in [0.29, 0.717) is 11.4 Å². The molecule has 0 aliphatic rings. The fourth-order valence-electron chi connectivity index (χ4n) is 3.46. The fraction of sp³-hybridized carbons (Fsp3) is 0.348. The second-order valence-corrected chi connectivity index (χ2v) is 8.17. The van der Waals surface area contributed by atoms with E-state index >= 15 is 0 Å². The summed E-state index contributed by atoms with van der Waals surface area (Å²) in [4.78, 5) is 29.7. The fourth-order valence-corrected chi connectivity index (χ4v) is 4.55. The summed E-state index contributed by atoms with van der Waals surface area (Å²) >= 11 is 1.42. The van der Waals surface area contributed by atoms with Gasteiger partial charge in [-0.15, -0.1) is 0 Å². The Labute approximate surface area is 179 Å². The lowest BCUT2D eigenvalue weighted by Crippen LogP contribution is -2.23. The number of amides is 1. The first kappa shape index (κ1) is 21.8. The molecule has 1 aromatic heterocycles. The maximum absolute atomic E-state index is 12.7. The lowest BCUT2D eigenvalue weighted by molar-refractivity contribution is -0.143. The molecule has 3 rings (SSSR count). The van der Waals surface area contributed by atoms with Gasteiger partial charge in [0.1, 0.15) is 12.3 Å². The third-order valence-corrected chi connectivity index (χ3v) is 5.97. The summed E-state index contributed by atoms with van der Waals surface area (Å²) in [5, 5.41) is 0. The van der Waals surface area contributed by atoms with Crippen LogP contribution in [0.4, 0.5) is 0 Å². The molecule has 0 bridgehead atoms. The Kier molecular flexibility index (Phi) is 6.72. The molecule has 0 spiro atoms. The second-order valence-electron chi connectivity index (χ2n) is 7.19. The Balaban J connectivity index is 2.01. The van der Waals surface area contributed by atoms with Gasteiger partial charge in [-0.05, 0) is 62.1 Å². The van der Waals surface area contributed by atoms with Crippen LogP contribution in [0.1, 0.15) is 29.2 Å². The minimum atomic E-state index is -0.351. The molecule has 30 heavy (non-hydrogen) atoms. The van der Waals surface area contributed by atoms with Gasteiger partial charge in [0.25, 0.3) is 5.91 Å². The molecule has 0 radical (unpaired) electrons. The number of ether oxygens (including phenoxy) is 2. The molecular weight excluding hydrogens is 400 g/mol. The van der Waals surface area contributed by atoms with E-state index in [1.54, 1.807) is 18.6 Å². The molecule has 0 unspecified atom stereocenters. The topological polar surface area (TPSA) is 69.9 Å². The summed E-state index contributed by atoms with van der Waals surface area (Å²) in [7, 11) is 1.62. The van der Waals surface area contributed by atoms with Crippen LogP contribution in [-0.2, 0) is 27.3 Å². The molecule has 158 valence electrons. The minimum Gasteiger partial charge on any atom is -0.496 e. The minimum absolute atomic E-state index is 0.0183. The first-order valence-corrected chi connectivity index (χ1v) is 10.6. The van der Waals surface area contributed by atoms with Crippen LogP contribution in [0.25, 0.3) is 10.2 Å². The van der Waals surface area contributed by atoms with Gasteiger partial charge in [0, 0.05) is 0 Å². The van der Waals surface area contributed by atoms with Crippen molar-refractivity contribution in [3.05, 3.63) is 57.4 Å². The highest BCUT2D eigenvalue weighted by molar-refractivity contribution is 7.16. The monoisotopic (exact) mass is 426 g/mol. The Bertz CT molecular complexity index is 1170.